The number of sulfonamides is 1. The molecule has 0 aromatic heterocycles. The summed E-state index contributed by atoms with van der Waals surface area (Å²) in [5.41, 5.74) is 1.64. The molecule has 5 rings (SSSR count). The van der Waals surface area contributed by atoms with Crippen molar-refractivity contribution in [1.29, 1.82) is 0 Å². The van der Waals surface area contributed by atoms with Crippen molar-refractivity contribution in [2.75, 3.05) is 10.8 Å². The highest BCUT2D eigenvalue weighted by Gasteiger charge is 2.36. The van der Waals surface area contributed by atoms with Crippen LogP contribution in [0.3, 0.4) is 0 Å². The van der Waals surface area contributed by atoms with E-state index in [4.69, 9.17) is 23.2 Å². The Balaban J connectivity index is 1.58. The first-order chi connectivity index (χ1) is 21.7. The third kappa shape index (κ3) is 8.06. The Labute approximate surface area is 274 Å². The minimum Gasteiger partial charge on any atom is -0.352 e. The molecule has 234 valence electrons. The lowest BCUT2D eigenvalue weighted by molar-refractivity contribution is -0.140. The third-order valence-corrected chi connectivity index (χ3v) is 10.5. The zero-order chi connectivity index (χ0) is 31.8. The van der Waals surface area contributed by atoms with Gasteiger partial charge in [-0.05, 0) is 54.8 Å². The van der Waals surface area contributed by atoms with Gasteiger partial charge in [0.25, 0.3) is 10.0 Å². The topological polar surface area (TPSA) is 86.8 Å². The van der Waals surface area contributed by atoms with Crippen LogP contribution in [0.25, 0.3) is 0 Å². The number of hydrogen-bond acceptors (Lipinski definition) is 4. The Kier molecular flexibility index (Phi) is 10.8. The second-order valence-electron chi connectivity index (χ2n) is 11.1. The van der Waals surface area contributed by atoms with Gasteiger partial charge in [0.2, 0.25) is 11.8 Å². The highest BCUT2D eigenvalue weighted by molar-refractivity contribution is 7.92. The van der Waals surface area contributed by atoms with Gasteiger partial charge >= 0.3 is 0 Å². The van der Waals surface area contributed by atoms with Gasteiger partial charge in [-0.25, -0.2) is 8.42 Å². The van der Waals surface area contributed by atoms with E-state index in [1.807, 2.05) is 30.3 Å². The first kappa shape index (κ1) is 32.5. The number of halogens is 2. The van der Waals surface area contributed by atoms with E-state index in [0.29, 0.717) is 21.3 Å². The number of para-hydroxylation sites is 1. The fourth-order valence-corrected chi connectivity index (χ4v) is 7.57. The Morgan fingerprint density at radius 2 is 1.33 bits per heavy atom. The number of amides is 2. The molecule has 0 bridgehead atoms. The van der Waals surface area contributed by atoms with Gasteiger partial charge < -0.3 is 10.2 Å². The van der Waals surface area contributed by atoms with Gasteiger partial charge in [-0.3, -0.25) is 13.9 Å². The zero-order valence-corrected chi connectivity index (χ0v) is 27.0. The average molecular weight is 665 g/mol. The standard InChI is InChI=1S/C35H35Cl2N3O4S/c36-31-21-12-22-32(37)30(31)24-39(33(23-26-13-4-1-5-14-26)35(42)38-27-15-10-11-16-27)34(41)25-40(28-17-6-2-7-18-28)45(43,44)29-19-8-3-9-20-29/h1-9,12-14,17-22,27,33H,10-11,15-16,23-25H2,(H,38,42)/t33-/m1/s1. The van der Waals surface area contributed by atoms with Crippen molar-refractivity contribution in [3.05, 3.63) is 130 Å². The van der Waals surface area contributed by atoms with Crippen LogP contribution in [0.15, 0.2) is 114 Å². The van der Waals surface area contributed by atoms with E-state index in [-0.39, 0.29) is 29.8 Å². The van der Waals surface area contributed by atoms with Crippen LogP contribution in [-0.4, -0.2) is 43.8 Å². The highest BCUT2D eigenvalue weighted by Crippen LogP contribution is 2.29. The zero-order valence-electron chi connectivity index (χ0n) is 24.7. The van der Waals surface area contributed by atoms with E-state index in [2.05, 4.69) is 5.32 Å². The Bertz CT molecular complexity index is 1680. The monoisotopic (exact) mass is 663 g/mol. The summed E-state index contributed by atoms with van der Waals surface area (Å²) >= 11 is 13.2. The van der Waals surface area contributed by atoms with Crippen molar-refractivity contribution in [2.24, 2.45) is 0 Å². The SMILES string of the molecule is O=C(NC1CCCC1)[C@@H](Cc1ccccc1)N(Cc1c(Cl)cccc1Cl)C(=O)CN(c1ccccc1)S(=O)(=O)c1ccccc1. The Morgan fingerprint density at radius 1 is 0.778 bits per heavy atom. The number of benzene rings is 4. The van der Waals surface area contributed by atoms with E-state index in [9.17, 15) is 18.0 Å². The number of nitrogens with zero attached hydrogens (tertiary/aromatic N) is 2. The molecule has 1 aliphatic carbocycles. The number of hydrogen-bond donors (Lipinski definition) is 1. The van der Waals surface area contributed by atoms with Crippen LogP contribution in [-0.2, 0) is 32.6 Å². The summed E-state index contributed by atoms with van der Waals surface area (Å²) in [6.45, 7) is -0.647. The molecule has 7 nitrogen and oxygen atoms in total. The van der Waals surface area contributed by atoms with Crippen LogP contribution in [0, 0.1) is 0 Å². The van der Waals surface area contributed by atoms with Gasteiger partial charge in [0, 0.05) is 34.6 Å². The van der Waals surface area contributed by atoms with E-state index >= 15 is 0 Å². The minimum absolute atomic E-state index is 0.0101. The normalized spacial score (nSPS) is 14.1. The number of anilines is 1. The van der Waals surface area contributed by atoms with E-state index in [1.165, 1.54) is 17.0 Å². The Hall–Kier alpha value is -3.85. The average Bonchev–Trinajstić information content (AvgIpc) is 3.57. The molecule has 10 heteroatoms. The first-order valence-corrected chi connectivity index (χ1v) is 17.1. The molecule has 0 unspecified atom stereocenters. The van der Waals surface area contributed by atoms with Crippen LogP contribution in [0.5, 0.6) is 0 Å². The smallest absolute Gasteiger partial charge is 0.264 e. The van der Waals surface area contributed by atoms with E-state index in [0.717, 1.165) is 35.6 Å². The maximum atomic E-state index is 14.6. The number of rotatable bonds is 12. The summed E-state index contributed by atoms with van der Waals surface area (Å²) in [6, 6.07) is 30.0. The summed E-state index contributed by atoms with van der Waals surface area (Å²) in [5.74, 6) is -0.878. The van der Waals surface area contributed by atoms with Crippen LogP contribution in [0.1, 0.15) is 36.8 Å². The number of nitrogens with one attached hydrogen (secondary N) is 1. The largest absolute Gasteiger partial charge is 0.352 e. The summed E-state index contributed by atoms with van der Waals surface area (Å²) in [7, 11) is -4.16. The molecule has 0 saturated heterocycles. The quantitative estimate of drug-likeness (QED) is 0.179. The van der Waals surface area contributed by atoms with Gasteiger partial charge in [0.05, 0.1) is 10.6 Å². The summed E-state index contributed by atoms with van der Waals surface area (Å²) < 4.78 is 29.1. The molecule has 1 fully saturated rings. The third-order valence-electron chi connectivity index (χ3n) is 8.02. The van der Waals surface area contributed by atoms with Gasteiger partial charge in [-0.1, -0.05) is 109 Å². The van der Waals surface area contributed by atoms with Crippen LogP contribution < -0.4 is 9.62 Å². The molecule has 1 atom stereocenters. The molecule has 1 aliphatic rings. The van der Waals surface area contributed by atoms with E-state index in [1.54, 1.807) is 66.7 Å². The summed E-state index contributed by atoms with van der Waals surface area (Å²) in [5, 5.41) is 3.84. The molecule has 45 heavy (non-hydrogen) atoms. The predicted molar refractivity (Wildman–Crippen MR) is 179 cm³/mol. The number of carbonyl (C=O) groups is 2. The lowest BCUT2D eigenvalue weighted by Crippen LogP contribution is -2.54. The van der Waals surface area contributed by atoms with Gasteiger partial charge in [0.1, 0.15) is 12.6 Å². The van der Waals surface area contributed by atoms with Crippen molar-refractivity contribution in [3.63, 3.8) is 0 Å². The minimum atomic E-state index is -4.16. The molecule has 0 radical (unpaired) electrons. The van der Waals surface area contributed by atoms with Crippen molar-refractivity contribution >= 4 is 50.7 Å². The Morgan fingerprint density at radius 3 is 1.93 bits per heavy atom. The molecule has 4 aromatic carbocycles. The van der Waals surface area contributed by atoms with E-state index < -0.39 is 28.5 Å². The highest BCUT2D eigenvalue weighted by atomic mass is 35.5. The maximum absolute atomic E-state index is 14.6. The number of carbonyl (C=O) groups excluding carboxylic acids is 2. The molecule has 2 amide bonds. The van der Waals surface area contributed by atoms with Crippen molar-refractivity contribution < 1.29 is 18.0 Å². The molecule has 1 saturated carbocycles. The predicted octanol–water partition coefficient (Wildman–Crippen LogP) is 6.89. The summed E-state index contributed by atoms with van der Waals surface area (Å²) in [6.07, 6.45) is 3.99. The van der Waals surface area contributed by atoms with Gasteiger partial charge in [-0.2, -0.15) is 0 Å². The van der Waals surface area contributed by atoms with Crippen molar-refractivity contribution in [1.82, 2.24) is 10.2 Å². The molecule has 0 heterocycles. The maximum Gasteiger partial charge on any atom is 0.264 e. The second kappa shape index (κ2) is 15.0. The van der Waals surface area contributed by atoms with Gasteiger partial charge in [0.15, 0.2) is 0 Å². The fourth-order valence-electron chi connectivity index (χ4n) is 5.62. The van der Waals surface area contributed by atoms with Gasteiger partial charge in [-0.15, -0.1) is 0 Å². The summed E-state index contributed by atoms with van der Waals surface area (Å²) in [4.78, 5) is 30.1. The van der Waals surface area contributed by atoms with Crippen molar-refractivity contribution in [3.8, 4) is 0 Å². The van der Waals surface area contributed by atoms with Crippen LogP contribution >= 0.6 is 23.2 Å². The molecule has 1 N–H and O–H groups in total. The second-order valence-corrected chi connectivity index (χ2v) is 13.8. The molecular weight excluding hydrogens is 629 g/mol. The molecule has 4 aromatic rings. The molecular formula is C35H35Cl2N3O4S. The van der Waals surface area contributed by atoms with Crippen LogP contribution in [0.2, 0.25) is 10.0 Å². The lowest BCUT2D eigenvalue weighted by atomic mass is 10.0. The fraction of sp³-hybridized carbons (Fsp3) is 0.257. The molecule has 0 aliphatic heterocycles. The lowest BCUT2D eigenvalue weighted by Gasteiger charge is -2.34. The first-order valence-electron chi connectivity index (χ1n) is 14.9. The van der Waals surface area contributed by atoms with Crippen molar-refractivity contribution in [2.45, 2.75) is 55.6 Å². The molecule has 0 spiro atoms. The van der Waals surface area contributed by atoms with Crippen LogP contribution in [0.4, 0.5) is 5.69 Å².